The molecular weight excluding hydrogens is 346 g/mol. The minimum atomic E-state index is -0.0188. The molecule has 0 bridgehead atoms. The van der Waals surface area contributed by atoms with Gasteiger partial charge in [-0.25, -0.2) is 4.98 Å². The lowest BCUT2D eigenvalue weighted by Crippen LogP contribution is -2.30. The smallest absolute Gasteiger partial charge is 0.258 e. The van der Waals surface area contributed by atoms with Crippen LogP contribution < -0.4 is 5.56 Å². The second-order valence-corrected chi connectivity index (χ2v) is 7.70. The summed E-state index contributed by atoms with van der Waals surface area (Å²) in [6.07, 6.45) is 4.19. The van der Waals surface area contributed by atoms with Crippen molar-refractivity contribution in [1.82, 2.24) is 14.3 Å². The zero-order valence-electron chi connectivity index (χ0n) is 16.0. The standard InChI is InChI=1S/C24H23N3O/c1-17(19-10-9-18-6-2-3-7-20(18)14-19)27(22-11-12-22)16-21-15-24(28)26-13-5-4-8-23(26)25-21/h2-10,13-15,17,22H,11-12,16H2,1H3. The molecule has 2 aromatic heterocycles. The van der Waals surface area contributed by atoms with Crippen molar-refractivity contribution in [2.24, 2.45) is 0 Å². The Labute approximate surface area is 164 Å². The third-order valence-electron chi connectivity index (χ3n) is 5.74. The van der Waals surface area contributed by atoms with Crippen molar-refractivity contribution < 1.29 is 0 Å². The zero-order chi connectivity index (χ0) is 19.1. The average molecular weight is 369 g/mol. The van der Waals surface area contributed by atoms with Crippen LogP contribution in [0.4, 0.5) is 0 Å². The molecule has 1 saturated carbocycles. The minimum Gasteiger partial charge on any atom is -0.288 e. The molecule has 1 fully saturated rings. The van der Waals surface area contributed by atoms with E-state index in [1.54, 1.807) is 16.7 Å². The highest BCUT2D eigenvalue weighted by Crippen LogP contribution is 2.36. The van der Waals surface area contributed by atoms with Gasteiger partial charge in [0.1, 0.15) is 5.65 Å². The van der Waals surface area contributed by atoms with Gasteiger partial charge in [0.05, 0.1) is 5.69 Å². The molecule has 0 aliphatic heterocycles. The van der Waals surface area contributed by atoms with Crippen LogP contribution in [0, 0.1) is 0 Å². The first kappa shape index (κ1) is 17.1. The van der Waals surface area contributed by atoms with Crippen LogP contribution in [0.15, 0.2) is 77.7 Å². The summed E-state index contributed by atoms with van der Waals surface area (Å²) >= 11 is 0. The van der Waals surface area contributed by atoms with E-state index in [2.05, 4.69) is 54.3 Å². The summed E-state index contributed by atoms with van der Waals surface area (Å²) in [6, 6.07) is 23.4. The molecule has 4 nitrogen and oxygen atoms in total. The highest BCUT2D eigenvalue weighted by atomic mass is 16.1. The van der Waals surface area contributed by atoms with E-state index in [1.165, 1.54) is 29.2 Å². The van der Waals surface area contributed by atoms with Crippen molar-refractivity contribution >= 4 is 16.4 Å². The highest BCUT2D eigenvalue weighted by molar-refractivity contribution is 5.83. The minimum absolute atomic E-state index is 0.0188. The lowest BCUT2D eigenvalue weighted by molar-refractivity contribution is 0.188. The largest absolute Gasteiger partial charge is 0.288 e. The third kappa shape index (κ3) is 3.20. The molecule has 28 heavy (non-hydrogen) atoms. The number of fused-ring (bicyclic) bond motifs is 2. The van der Waals surface area contributed by atoms with Crippen LogP contribution in [0.25, 0.3) is 16.4 Å². The fourth-order valence-electron chi connectivity index (χ4n) is 4.02. The maximum absolute atomic E-state index is 12.5. The van der Waals surface area contributed by atoms with Gasteiger partial charge in [-0.1, -0.05) is 42.5 Å². The van der Waals surface area contributed by atoms with Crippen molar-refractivity contribution in [3.8, 4) is 0 Å². The van der Waals surface area contributed by atoms with E-state index < -0.39 is 0 Å². The molecule has 2 aromatic carbocycles. The molecule has 4 heteroatoms. The normalized spacial score (nSPS) is 15.4. The lowest BCUT2D eigenvalue weighted by atomic mass is 10.0. The van der Waals surface area contributed by atoms with Crippen LogP contribution in [-0.4, -0.2) is 20.3 Å². The zero-order valence-corrected chi connectivity index (χ0v) is 16.0. The van der Waals surface area contributed by atoms with Gasteiger partial charge in [0.25, 0.3) is 5.56 Å². The van der Waals surface area contributed by atoms with Crippen LogP contribution in [0.1, 0.15) is 37.1 Å². The fraction of sp³-hybridized carbons (Fsp3) is 0.250. The Bertz CT molecular complexity index is 1210. The maximum atomic E-state index is 12.5. The lowest BCUT2D eigenvalue weighted by Gasteiger charge is -2.29. The summed E-state index contributed by atoms with van der Waals surface area (Å²) in [5.74, 6) is 0. The number of rotatable bonds is 5. The van der Waals surface area contributed by atoms with E-state index in [1.807, 2.05) is 18.2 Å². The Morgan fingerprint density at radius 1 is 1.04 bits per heavy atom. The van der Waals surface area contributed by atoms with Crippen molar-refractivity contribution in [2.45, 2.75) is 38.4 Å². The van der Waals surface area contributed by atoms with E-state index >= 15 is 0 Å². The highest BCUT2D eigenvalue weighted by Gasteiger charge is 2.33. The fourth-order valence-corrected chi connectivity index (χ4v) is 4.02. The molecule has 4 aromatic rings. The summed E-state index contributed by atoms with van der Waals surface area (Å²) in [7, 11) is 0. The predicted octanol–water partition coefficient (Wildman–Crippen LogP) is 4.57. The van der Waals surface area contributed by atoms with Gasteiger partial charge in [-0.05, 0) is 54.3 Å². The van der Waals surface area contributed by atoms with Gasteiger partial charge in [0.2, 0.25) is 0 Å². The number of hydrogen-bond acceptors (Lipinski definition) is 3. The van der Waals surface area contributed by atoms with Gasteiger partial charge in [-0.15, -0.1) is 0 Å². The molecule has 1 unspecified atom stereocenters. The molecule has 0 saturated heterocycles. The van der Waals surface area contributed by atoms with E-state index in [4.69, 9.17) is 4.98 Å². The van der Waals surface area contributed by atoms with E-state index in [0.29, 0.717) is 18.2 Å². The average Bonchev–Trinajstić information content (AvgIpc) is 3.56. The number of aromatic nitrogens is 2. The van der Waals surface area contributed by atoms with Crippen LogP contribution >= 0.6 is 0 Å². The number of hydrogen-bond donors (Lipinski definition) is 0. The summed E-state index contributed by atoms with van der Waals surface area (Å²) in [4.78, 5) is 19.7. The van der Waals surface area contributed by atoms with E-state index in [0.717, 1.165) is 5.69 Å². The molecular formula is C24H23N3O. The van der Waals surface area contributed by atoms with Gasteiger partial charge in [-0.2, -0.15) is 0 Å². The molecule has 0 N–H and O–H groups in total. The maximum Gasteiger partial charge on any atom is 0.258 e. The molecule has 0 amide bonds. The Morgan fingerprint density at radius 3 is 2.64 bits per heavy atom. The van der Waals surface area contributed by atoms with Gasteiger partial charge in [-0.3, -0.25) is 14.1 Å². The summed E-state index contributed by atoms with van der Waals surface area (Å²) in [5, 5.41) is 2.53. The van der Waals surface area contributed by atoms with Crippen molar-refractivity contribution in [1.29, 1.82) is 0 Å². The number of benzene rings is 2. The summed E-state index contributed by atoms with van der Waals surface area (Å²) in [5.41, 5.74) is 2.84. The topological polar surface area (TPSA) is 37.6 Å². The second kappa shape index (κ2) is 6.88. The monoisotopic (exact) mass is 369 g/mol. The van der Waals surface area contributed by atoms with Crippen molar-refractivity contribution in [2.75, 3.05) is 0 Å². The van der Waals surface area contributed by atoms with Crippen LogP contribution in [0.3, 0.4) is 0 Å². The molecule has 0 spiro atoms. The molecule has 5 rings (SSSR count). The van der Waals surface area contributed by atoms with Crippen molar-refractivity contribution in [3.63, 3.8) is 0 Å². The van der Waals surface area contributed by atoms with E-state index in [-0.39, 0.29) is 11.6 Å². The van der Waals surface area contributed by atoms with Crippen molar-refractivity contribution in [3.05, 3.63) is 94.5 Å². The third-order valence-corrected chi connectivity index (χ3v) is 5.74. The molecule has 1 aliphatic carbocycles. The quantitative estimate of drug-likeness (QED) is 0.517. The van der Waals surface area contributed by atoms with Crippen LogP contribution in [0.5, 0.6) is 0 Å². The summed E-state index contributed by atoms with van der Waals surface area (Å²) < 4.78 is 1.59. The number of nitrogens with zero attached hydrogens (tertiary/aromatic N) is 3. The first-order chi connectivity index (χ1) is 13.7. The van der Waals surface area contributed by atoms with Gasteiger partial charge in [0, 0.05) is 30.9 Å². The molecule has 140 valence electrons. The Morgan fingerprint density at radius 2 is 1.82 bits per heavy atom. The van der Waals surface area contributed by atoms with Crippen LogP contribution in [-0.2, 0) is 6.54 Å². The Balaban J connectivity index is 1.48. The molecule has 0 radical (unpaired) electrons. The molecule has 1 aliphatic rings. The first-order valence-corrected chi connectivity index (χ1v) is 9.91. The SMILES string of the molecule is CC(c1ccc2ccccc2c1)N(Cc1cc(=O)n2ccccc2n1)C1CC1. The second-order valence-electron chi connectivity index (χ2n) is 7.70. The molecule has 2 heterocycles. The predicted molar refractivity (Wildman–Crippen MR) is 112 cm³/mol. The first-order valence-electron chi connectivity index (χ1n) is 9.91. The van der Waals surface area contributed by atoms with Gasteiger partial charge >= 0.3 is 0 Å². The molecule has 1 atom stereocenters. The van der Waals surface area contributed by atoms with Crippen LogP contribution in [0.2, 0.25) is 0 Å². The summed E-state index contributed by atoms with van der Waals surface area (Å²) in [6.45, 7) is 2.95. The van der Waals surface area contributed by atoms with Gasteiger partial charge in [0.15, 0.2) is 0 Å². The van der Waals surface area contributed by atoms with E-state index in [9.17, 15) is 4.79 Å². The number of pyridine rings is 1. The Kier molecular flexibility index (Phi) is 4.21. The Hall–Kier alpha value is -2.98. The van der Waals surface area contributed by atoms with Gasteiger partial charge < -0.3 is 0 Å².